The van der Waals surface area contributed by atoms with Crippen LogP contribution in [-0.2, 0) is 18.0 Å². The molecule has 1 amide bonds. The highest BCUT2D eigenvalue weighted by molar-refractivity contribution is 5.94. The molecule has 0 unspecified atom stereocenters. The summed E-state index contributed by atoms with van der Waals surface area (Å²) in [5.74, 6) is 0.00172. The molecule has 1 heterocycles. The Morgan fingerprint density at radius 1 is 1.26 bits per heavy atom. The van der Waals surface area contributed by atoms with Gasteiger partial charge >= 0.3 is 0 Å². The molecule has 0 aliphatic carbocycles. The van der Waals surface area contributed by atoms with Crippen LogP contribution in [0.4, 0.5) is 0 Å². The van der Waals surface area contributed by atoms with Crippen molar-refractivity contribution in [3.63, 3.8) is 0 Å². The topological polar surface area (TPSA) is 41.6 Å². The molecule has 1 aromatic carbocycles. The quantitative estimate of drug-likeness (QED) is 0.850. The lowest BCUT2D eigenvalue weighted by atomic mass is 10.1. The van der Waals surface area contributed by atoms with E-state index in [1.807, 2.05) is 18.2 Å². The summed E-state index contributed by atoms with van der Waals surface area (Å²) in [7, 11) is 0. The van der Waals surface area contributed by atoms with Crippen LogP contribution in [0.15, 0.2) is 18.2 Å². The van der Waals surface area contributed by atoms with Crippen molar-refractivity contribution in [2.75, 3.05) is 26.2 Å². The third kappa shape index (κ3) is 3.55. The summed E-state index contributed by atoms with van der Waals surface area (Å²) in [6.45, 7) is 9.17. The second kappa shape index (κ2) is 6.68. The maximum atomic E-state index is 12.0. The number of hydrogen-bond donors (Lipinski definition) is 1. The number of rotatable bonds is 6. The minimum atomic E-state index is 0.00172. The fourth-order valence-electron chi connectivity index (χ4n) is 2.28. The Balaban J connectivity index is 1.86. The number of ether oxygens (including phenoxy) is 1. The minimum Gasteiger partial charge on any atom is -0.372 e. The highest BCUT2D eigenvalue weighted by atomic mass is 16.5. The average molecular weight is 262 g/mol. The molecule has 0 aromatic heterocycles. The van der Waals surface area contributed by atoms with Gasteiger partial charge in [0.05, 0.1) is 13.2 Å². The van der Waals surface area contributed by atoms with Gasteiger partial charge in [-0.15, -0.1) is 0 Å². The van der Waals surface area contributed by atoms with Crippen LogP contribution in [0.2, 0.25) is 0 Å². The van der Waals surface area contributed by atoms with Crippen molar-refractivity contribution < 1.29 is 9.53 Å². The molecule has 1 N–H and O–H groups in total. The van der Waals surface area contributed by atoms with E-state index in [4.69, 9.17) is 4.74 Å². The monoisotopic (exact) mass is 262 g/mol. The molecular weight excluding hydrogens is 240 g/mol. The van der Waals surface area contributed by atoms with Crippen LogP contribution in [0.5, 0.6) is 0 Å². The summed E-state index contributed by atoms with van der Waals surface area (Å²) in [6, 6.07) is 5.80. The van der Waals surface area contributed by atoms with Gasteiger partial charge in [-0.3, -0.25) is 4.79 Å². The number of benzene rings is 1. The molecule has 0 atom stereocenters. The number of nitrogens with zero attached hydrogens (tertiary/aromatic N) is 1. The maximum absolute atomic E-state index is 12.0. The summed E-state index contributed by atoms with van der Waals surface area (Å²) in [5, 5.41) is 2.97. The van der Waals surface area contributed by atoms with E-state index in [9.17, 15) is 4.79 Å². The molecule has 1 aromatic rings. The molecule has 1 aliphatic heterocycles. The number of carbonyl (C=O) groups is 1. The van der Waals surface area contributed by atoms with Gasteiger partial charge < -0.3 is 15.0 Å². The first-order valence-electron chi connectivity index (χ1n) is 6.94. The van der Waals surface area contributed by atoms with Crippen molar-refractivity contribution in [3.05, 3.63) is 34.9 Å². The second-order valence-electron chi connectivity index (χ2n) is 4.76. The third-order valence-electron chi connectivity index (χ3n) is 3.59. The first-order chi connectivity index (χ1) is 9.24. The van der Waals surface area contributed by atoms with Crippen LogP contribution in [0.25, 0.3) is 0 Å². The third-order valence-corrected chi connectivity index (χ3v) is 3.59. The minimum absolute atomic E-state index is 0.00172. The van der Waals surface area contributed by atoms with Gasteiger partial charge in [0.2, 0.25) is 0 Å². The molecule has 19 heavy (non-hydrogen) atoms. The van der Waals surface area contributed by atoms with Gasteiger partial charge in [0, 0.05) is 18.7 Å². The van der Waals surface area contributed by atoms with Gasteiger partial charge in [0.15, 0.2) is 0 Å². The first-order valence-corrected chi connectivity index (χ1v) is 6.94. The Morgan fingerprint density at radius 2 is 2.00 bits per heavy atom. The van der Waals surface area contributed by atoms with E-state index >= 15 is 0 Å². The van der Waals surface area contributed by atoms with Gasteiger partial charge in [0.25, 0.3) is 5.91 Å². The molecule has 2 rings (SSSR count). The van der Waals surface area contributed by atoms with Crippen LogP contribution >= 0.6 is 0 Å². The van der Waals surface area contributed by atoms with E-state index in [1.54, 1.807) is 0 Å². The second-order valence-corrected chi connectivity index (χ2v) is 4.76. The van der Waals surface area contributed by atoms with Crippen LogP contribution < -0.4 is 5.32 Å². The molecule has 0 bridgehead atoms. The Morgan fingerprint density at radius 3 is 2.74 bits per heavy atom. The van der Waals surface area contributed by atoms with Crippen LogP contribution in [0.3, 0.4) is 0 Å². The van der Waals surface area contributed by atoms with Crippen molar-refractivity contribution in [2.24, 2.45) is 0 Å². The van der Waals surface area contributed by atoms with E-state index in [1.165, 1.54) is 5.56 Å². The molecule has 0 fully saturated rings. The van der Waals surface area contributed by atoms with Gasteiger partial charge in [-0.1, -0.05) is 19.9 Å². The maximum Gasteiger partial charge on any atom is 0.251 e. The number of carbonyl (C=O) groups excluding carboxylic acids is 1. The van der Waals surface area contributed by atoms with Gasteiger partial charge in [-0.2, -0.15) is 0 Å². The molecule has 1 aliphatic rings. The highest BCUT2D eigenvalue weighted by Gasteiger charge is 2.14. The van der Waals surface area contributed by atoms with E-state index in [2.05, 4.69) is 24.1 Å². The van der Waals surface area contributed by atoms with Crippen LogP contribution in [0.1, 0.15) is 35.3 Å². The molecule has 0 radical (unpaired) electrons. The standard InChI is InChI=1S/C15H22N2O2/c1-3-17(4-2)8-7-16-15(18)12-5-6-13-10-19-11-14(13)9-12/h5-6,9H,3-4,7-8,10-11H2,1-2H3,(H,16,18). The summed E-state index contributed by atoms with van der Waals surface area (Å²) < 4.78 is 5.35. The molecule has 0 spiro atoms. The fraction of sp³-hybridized carbons (Fsp3) is 0.533. The zero-order chi connectivity index (χ0) is 13.7. The SMILES string of the molecule is CCN(CC)CCNC(=O)c1ccc2c(c1)COC2. The number of nitrogens with one attached hydrogen (secondary N) is 1. The Labute approximate surface area is 114 Å². The van der Waals surface area contributed by atoms with Crippen molar-refractivity contribution in [3.8, 4) is 0 Å². The van der Waals surface area contributed by atoms with Crippen molar-refractivity contribution in [1.29, 1.82) is 0 Å². The predicted molar refractivity (Wildman–Crippen MR) is 75.1 cm³/mol. The smallest absolute Gasteiger partial charge is 0.251 e. The van der Waals surface area contributed by atoms with Crippen molar-refractivity contribution in [1.82, 2.24) is 10.2 Å². The predicted octanol–water partition coefficient (Wildman–Crippen LogP) is 1.79. The van der Waals surface area contributed by atoms with E-state index < -0.39 is 0 Å². The molecule has 4 heteroatoms. The molecule has 4 nitrogen and oxygen atoms in total. The summed E-state index contributed by atoms with van der Waals surface area (Å²) in [6.07, 6.45) is 0. The Kier molecular flexibility index (Phi) is 4.93. The number of likely N-dealkylation sites (N-methyl/N-ethyl adjacent to an activating group) is 1. The highest BCUT2D eigenvalue weighted by Crippen LogP contribution is 2.20. The molecule has 0 saturated heterocycles. The lowest BCUT2D eigenvalue weighted by molar-refractivity contribution is 0.0948. The first kappa shape index (κ1) is 14.0. The lowest BCUT2D eigenvalue weighted by Crippen LogP contribution is -2.34. The fourth-order valence-corrected chi connectivity index (χ4v) is 2.28. The molecular formula is C15H22N2O2. The van der Waals surface area contributed by atoms with Crippen molar-refractivity contribution in [2.45, 2.75) is 27.1 Å². The van der Waals surface area contributed by atoms with Crippen LogP contribution in [0, 0.1) is 0 Å². The van der Waals surface area contributed by atoms with E-state index in [0.717, 1.165) is 30.8 Å². The zero-order valence-electron chi connectivity index (χ0n) is 11.7. The largest absolute Gasteiger partial charge is 0.372 e. The summed E-state index contributed by atoms with van der Waals surface area (Å²) >= 11 is 0. The molecule has 104 valence electrons. The normalized spacial score (nSPS) is 13.6. The number of fused-ring (bicyclic) bond motifs is 1. The van der Waals surface area contributed by atoms with Crippen LogP contribution in [-0.4, -0.2) is 37.0 Å². The molecule has 0 saturated carbocycles. The van der Waals surface area contributed by atoms with Gasteiger partial charge in [-0.25, -0.2) is 0 Å². The van der Waals surface area contributed by atoms with Gasteiger partial charge in [0.1, 0.15) is 0 Å². The Bertz CT molecular complexity index is 442. The van der Waals surface area contributed by atoms with Crippen molar-refractivity contribution >= 4 is 5.91 Å². The zero-order valence-corrected chi connectivity index (χ0v) is 11.7. The summed E-state index contributed by atoms with van der Waals surface area (Å²) in [4.78, 5) is 14.3. The number of amides is 1. The lowest BCUT2D eigenvalue weighted by Gasteiger charge is -2.18. The van der Waals surface area contributed by atoms with Gasteiger partial charge in [-0.05, 0) is 36.3 Å². The Hall–Kier alpha value is -1.39. The van der Waals surface area contributed by atoms with E-state index in [0.29, 0.717) is 19.8 Å². The van der Waals surface area contributed by atoms with E-state index in [-0.39, 0.29) is 5.91 Å². The summed E-state index contributed by atoms with van der Waals surface area (Å²) in [5.41, 5.74) is 3.06. The number of hydrogen-bond acceptors (Lipinski definition) is 3. The average Bonchev–Trinajstić information content (AvgIpc) is 2.90.